The third-order valence-corrected chi connectivity index (χ3v) is 8.58. The van der Waals surface area contributed by atoms with E-state index in [2.05, 4.69) is 20.8 Å². The normalized spacial score (nSPS) is 57.2. The fourth-order valence-corrected chi connectivity index (χ4v) is 6.97. The van der Waals surface area contributed by atoms with Crippen molar-refractivity contribution in [3.8, 4) is 0 Å². The minimum absolute atomic E-state index is 0.0195. The maximum absolute atomic E-state index is 13.0. The molecule has 140 valence electrons. The van der Waals surface area contributed by atoms with Crippen molar-refractivity contribution in [2.45, 2.75) is 76.6 Å². The molecule has 5 fully saturated rings. The maximum Gasteiger partial charge on any atom is 0.315 e. The Kier molecular flexibility index (Phi) is 3.61. The van der Waals surface area contributed by atoms with Crippen LogP contribution in [-0.2, 0) is 14.3 Å². The van der Waals surface area contributed by atoms with Gasteiger partial charge in [0.1, 0.15) is 17.6 Å². The van der Waals surface area contributed by atoms with Crippen LogP contribution in [0.15, 0.2) is 0 Å². The molecular formula is C21H34NO3+. The lowest BCUT2D eigenvalue weighted by atomic mass is 9.55. The monoisotopic (exact) mass is 348 g/mol. The number of fused-ring (bicyclic) bond motifs is 1. The second kappa shape index (κ2) is 5.45. The van der Waals surface area contributed by atoms with Crippen LogP contribution in [-0.4, -0.2) is 42.9 Å². The summed E-state index contributed by atoms with van der Waals surface area (Å²) in [5.74, 6) is 2.60. The summed E-state index contributed by atoms with van der Waals surface area (Å²) in [6.45, 7) is 10.4. The molecule has 0 aromatic rings. The summed E-state index contributed by atoms with van der Waals surface area (Å²) >= 11 is 0. The van der Waals surface area contributed by atoms with Gasteiger partial charge in [0.05, 0.1) is 25.2 Å². The highest BCUT2D eigenvalue weighted by molar-refractivity contribution is 5.77. The predicted molar refractivity (Wildman–Crippen MR) is 94.2 cm³/mol. The summed E-state index contributed by atoms with van der Waals surface area (Å²) in [7, 11) is 0. The van der Waals surface area contributed by atoms with E-state index in [0.717, 1.165) is 25.3 Å². The number of hydrogen-bond acceptors (Lipinski definition) is 3. The van der Waals surface area contributed by atoms with Gasteiger partial charge in [0.25, 0.3) is 0 Å². The predicted octanol–water partition coefficient (Wildman–Crippen LogP) is 1.83. The highest BCUT2D eigenvalue weighted by atomic mass is 16.7. The van der Waals surface area contributed by atoms with E-state index in [0.29, 0.717) is 17.8 Å². The van der Waals surface area contributed by atoms with E-state index in [1.807, 2.05) is 0 Å². The smallest absolute Gasteiger partial charge is 0.315 e. The second-order valence-electron chi connectivity index (χ2n) is 10.1. The number of rotatable bonds is 2. The first-order valence-corrected chi connectivity index (χ1v) is 10.7. The standard InChI is InChI=1S/C21H33NO3/c1-13-7-10-22(11-8-13)12-15-17-5-4-14(2)16-6-9-20(3)19(25-20)21(16,17)24-18(15)23/h13-17,19H,4-12H2,1-3H3/p+1/t14-,15+,16+,17+,19-,20-,21-/m1/s1. The summed E-state index contributed by atoms with van der Waals surface area (Å²) in [4.78, 5) is 14.6. The van der Waals surface area contributed by atoms with Crippen LogP contribution < -0.4 is 4.90 Å². The number of hydrogen-bond donors (Lipinski definition) is 1. The first-order chi connectivity index (χ1) is 11.9. The molecule has 0 bridgehead atoms. The molecule has 0 aromatic carbocycles. The number of ether oxygens (including phenoxy) is 2. The van der Waals surface area contributed by atoms with Gasteiger partial charge in [-0.1, -0.05) is 13.8 Å². The van der Waals surface area contributed by atoms with Crippen molar-refractivity contribution in [1.82, 2.24) is 0 Å². The number of esters is 1. The van der Waals surface area contributed by atoms with Crippen LogP contribution in [0.3, 0.4) is 0 Å². The van der Waals surface area contributed by atoms with E-state index in [-0.39, 0.29) is 29.2 Å². The summed E-state index contributed by atoms with van der Waals surface area (Å²) in [5, 5.41) is 0. The lowest BCUT2D eigenvalue weighted by Gasteiger charge is -2.50. The summed E-state index contributed by atoms with van der Waals surface area (Å²) in [5.41, 5.74) is -0.316. The van der Waals surface area contributed by atoms with Crippen molar-refractivity contribution in [3.63, 3.8) is 0 Å². The number of carbonyl (C=O) groups excluding carboxylic acids is 1. The number of nitrogens with one attached hydrogen (secondary N) is 1. The van der Waals surface area contributed by atoms with E-state index >= 15 is 0 Å². The molecule has 0 radical (unpaired) electrons. The van der Waals surface area contributed by atoms with Crippen molar-refractivity contribution in [2.75, 3.05) is 19.6 Å². The average Bonchev–Trinajstić information content (AvgIpc) is 3.20. The molecule has 0 aromatic heterocycles. The Labute approximate surface area is 151 Å². The van der Waals surface area contributed by atoms with Gasteiger partial charge in [0.15, 0.2) is 0 Å². The molecule has 4 heteroatoms. The molecule has 1 N–H and O–H groups in total. The lowest BCUT2D eigenvalue weighted by molar-refractivity contribution is -0.908. The minimum atomic E-state index is -0.297. The molecule has 3 heterocycles. The largest absolute Gasteiger partial charge is 0.455 e. The summed E-state index contributed by atoms with van der Waals surface area (Å²) in [6.07, 6.45) is 7.47. The third kappa shape index (κ3) is 2.29. The minimum Gasteiger partial charge on any atom is -0.455 e. The molecule has 4 nitrogen and oxygen atoms in total. The SMILES string of the molecule is CC1CC[NH+](C[C@@H]2C(=O)O[C@@]34[C@@H](CC[C@@]5(C)O[C@@H]35)[C@H](C)CC[C@@H]24)CC1. The molecule has 3 saturated heterocycles. The number of quaternary nitrogens is 1. The van der Waals surface area contributed by atoms with Gasteiger partial charge in [0.2, 0.25) is 0 Å². The molecule has 5 aliphatic rings. The van der Waals surface area contributed by atoms with Crippen LogP contribution in [0.4, 0.5) is 0 Å². The first kappa shape index (κ1) is 16.6. The summed E-state index contributed by atoms with van der Waals surface area (Å²) in [6, 6.07) is 0. The number of likely N-dealkylation sites (tertiary alicyclic amines) is 1. The fraction of sp³-hybridized carbons (Fsp3) is 0.952. The van der Waals surface area contributed by atoms with E-state index in [9.17, 15) is 4.79 Å². The first-order valence-electron chi connectivity index (χ1n) is 10.7. The van der Waals surface area contributed by atoms with Gasteiger partial charge in [-0.3, -0.25) is 4.79 Å². The maximum atomic E-state index is 13.0. The van der Waals surface area contributed by atoms with Crippen molar-refractivity contribution < 1.29 is 19.2 Å². The van der Waals surface area contributed by atoms with E-state index in [4.69, 9.17) is 9.47 Å². The Morgan fingerprint density at radius 3 is 2.60 bits per heavy atom. The molecule has 7 atom stereocenters. The molecule has 2 aliphatic carbocycles. The molecule has 0 unspecified atom stereocenters. The van der Waals surface area contributed by atoms with E-state index in [1.54, 1.807) is 4.90 Å². The Balaban J connectivity index is 1.41. The third-order valence-electron chi connectivity index (χ3n) is 8.58. The summed E-state index contributed by atoms with van der Waals surface area (Å²) < 4.78 is 12.5. The molecule has 1 spiro atoms. The van der Waals surface area contributed by atoms with Crippen molar-refractivity contribution in [2.24, 2.45) is 29.6 Å². The number of carbonyl (C=O) groups is 1. The molecule has 2 saturated carbocycles. The van der Waals surface area contributed by atoms with Gasteiger partial charge in [0, 0.05) is 11.8 Å². The number of piperidine rings is 1. The fourth-order valence-electron chi connectivity index (χ4n) is 6.97. The van der Waals surface area contributed by atoms with Crippen LogP contribution in [0, 0.1) is 29.6 Å². The zero-order valence-corrected chi connectivity index (χ0v) is 16.1. The zero-order chi connectivity index (χ0) is 17.4. The van der Waals surface area contributed by atoms with Crippen molar-refractivity contribution in [1.29, 1.82) is 0 Å². The van der Waals surface area contributed by atoms with Gasteiger partial charge in [-0.05, 0) is 57.3 Å². The van der Waals surface area contributed by atoms with Crippen molar-refractivity contribution >= 4 is 5.97 Å². The number of epoxide rings is 1. The van der Waals surface area contributed by atoms with Gasteiger partial charge in [-0.2, -0.15) is 0 Å². The highest BCUT2D eigenvalue weighted by Crippen LogP contribution is 2.66. The molecule has 25 heavy (non-hydrogen) atoms. The topological polar surface area (TPSA) is 43.3 Å². The van der Waals surface area contributed by atoms with Crippen LogP contribution in [0.1, 0.15) is 59.3 Å². The Bertz CT molecular complexity index is 571. The second-order valence-corrected chi connectivity index (χ2v) is 10.1. The van der Waals surface area contributed by atoms with Crippen LogP contribution in [0.2, 0.25) is 0 Å². The van der Waals surface area contributed by atoms with E-state index in [1.165, 1.54) is 38.8 Å². The quantitative estimate of drug-likeness (QED) is 0.612. The van der Waals surface area contributed by atoms with Gasteiger partial charge < -0.3 is 14.4 Å². The molecule has 3 aliphatic heterocycles. The Morgan fingerprint density at radius 1 is 1.08 bits per heavy atom. The van der Waals surface area contributed by atoms with Crippen molar-refractivity contribution in [3.05, 3.63) is 0 Å². The van der Waals surface area contributed by atoms with Crippen LogP contribution in [0.5, 0.6) is 0 Å². The van der Waals surface area contributed by atoms with Gasteiger partial charge in [-0.25, -0.2) is 0 Å². The van der Waals surface area contributed by atoms with Gasteiger partial charge in [-0.15, -0.1) is 0 Å². The Hall–Kier alpha value is -0.610. The molecule has 0 amide bonds. The lowest BCUT2D eigenvalue weighted by Crippen LogP contribution is -3.14. The van der Waals surface area contributed by atoms with E-state index < -0.39 is 0 Å². The molecular weight excluding hydrogens is 314 g/mol. The van der Waals surface area contributed by atoms with Crippen LogP contribution >= 0.6 is 0 Å². The molecule has 5 rings (SSSR count). The van der Waals surface area contributed by atoms with Gasteiger partial charge >= 0.3 is 5.97 Å². The average molecular weight is 349 g/mol. The van der Waals surface area contributed by atoms with Crippen LogP contribution in [0.25, 0.3) is 0 Å². The Morgan fingerprint density at radius 2 is 1.84 bits per heavy atom. The highest BCUT2D eigenvalue weighted by Gasteiger charge is 2.77. The zero-order valence-electron chi connectivity index (χ0n) is 16.1.